The van der Waals surface area contributed by atoms with Crippen LogP contribution in [-0.2, 0) is 9.59 Å². The number of hydrogen-bond donors (Lipinski definition) is 2. The van der Waals surface area contributed by atoms with Crippen molar-refractivity contribution in [2.75, 3.05) is 11.9 Å². The summed E-state index contributed by atoms with van der Waals surface area (Å²) in [6.45, 7) is 6.14. The molecule has 0 saturated heterocycles. The van der Waals surface area contributed by atoms with E-state index < -0.39 is 0 Å². The van der Waals surface area contributed by atoms with Crippen molar-refractivity contribution >= 4 is 33.4 Å². The van der Waals surface area contributed by atoms with Crippen molar-refractivity contribution in [3.8, 4) is 0 Å². The third-order valence-corrected chi connectivity index (χ3v) is 3.68. The van der Waals surface area contributed by atoms with E-state index in [-0.39, 0.29) is 24.2 Å². The molecule has 20 heavy (non-hydrogen) atoms. The van der Waals surface area contributed by atoms with Crippen molar-refractivity contribution < 1.29 is 9.59 Å². The molecule has 0 saturated carbocycles. The van der Waals surface area contributed by atoms with Crippen LogP contribution in [0.25, 0.3) is 0 Å². The number of benzene rings is 1. The van der Waals surface area contributed by atoms with E-state index in [9.17, 15) is 9.59 Å². The lowest BCUT2D eigenvalue weighted by Crippen LogP contribution is -2.31. The van der Waals surface area contributed by atoms with Gasteiger partial charge in [-0.05, 0) is 31.0 Å². The molecule has 5 heteroatoms. The average Bonchev–Trinajstić information content (AvgIpc) is 2.41. The first kappa shape index (κ1) is 16.7. The van der Waals surface area contributed by atoms with Gasteiger partial charge in [0, 0.05) is 29.0 Å². The number of rotatable bonds is 6. The Kier molecular flexibility index (Phi) is 6.71. The minimum atomic E-state index is -0.101. The van der Waals surface area contributed by atoms with Crippen LogP contribution in [0, 0.1) is 12.8 Å². The first-order valence-electron chi connectivity index (χ1n) is 6.77. The van der Waals surface area contributed by atoms with Crippen molar-refractivity contribution in [3.63, 3.8) is 0 Å². The summed E-state index contributed by atoms with van der Waals surface area (Å²) in [5, 5.41) is 5.61. The number of hydrogen-bond acceptors (Lipinski definition) is 2. The SMILES string of the molecule is CC[C@H](C)C(=O)NCCC(=O)Nc1cc(Br)ccc1C. The maximum Gasteiger partial charge on any atom is 0.226 e. The molecule has 0 aliphatic carbocycles. The molecule has 110 valence electrons. The van der Waals surface area contributed by atoms with Gasteiger partial charge < -0.3 is 10.6 Å². The number of amides is 2. The van der Waals surface area contributed by atoms with Crippen LogP contribution in [0.5, 0.6) is 0 Å². The zero-order valence-corrected chi connectivity index (χ0v) is 13.7. The van der Waals surface area contributed by atoms with Gasteiger partial charge >= 0.3 is 0 Å². The van der Waals surface area contributed by atoms with Gasteiger partial charge in [0.15, 0.2) is 0 Å². The highest BCUT2D eigenvalue weighted by Crippen LogP contribution is 2.20. The standard InChI is InChI=1S/C15H21BrN2O2/c1-4-10(2)15(20)17-8-7-14(19)18-13-9-12(16)6-5-11(13)3/h5-6,9-10H,4,7-8H2,1-3H3,(H,17,20)(H,18,19)/t10-/m0/s1. The van der Waals surface area contributed by atoms with Crippen LogP contribution in [0.15, 0.2) is 22.7 Å². The number of halogens is 1. The maximum atomic E-state index is 11.8. The summed E-state index contributed by atoms with van der Waals surface area (Å²) in [6.07, 6.45) is 1.07. The first-order valence-corrected chi connectivity index (χ1v) is 7.57. The van der Waals surface area contributed by atoms with Crippen molar-refractivity contribution in [1.82, 2.24) is 5.32 Å². The second-order valence-electron chi connectivity index (χ2n) is 4.86. The summed E-state index contributed by atoms with van der Waals surface area (Å²) in [7, 11) is 0. The second kappa shape index (κ2) is 8.04. The largest absolute Gasteiger partial charge is 0.355 e. The minimum absolute atomic E-state index is 0.000985. The summed E-state index contributed by atoms with van der Waals surface area (Å²) in [5.41, 5.74) is 1.79. The smallest absolute Gasteiger partial charge is 0.226 e. The molecule has 0 aromatic heterocycles. The molecule has 1 aromatic rings. The minimum Gasteiger partial charge on any atom is -0.355 e. The predicted molar refractivity (Wildman–Crippen MR) is 84.6 cm³/mol. The van der Waals surface area contributed by atoms with Gasteiger partial charge in [-0.3, -0.25) is 9.59 Å². The van der Waals surface area contributed by atoms with Gasteiger partial charge in [0.25, 0.3) is 0 Å². The quantitative estimate of drug-likeness (QED) is 0.834. The number of carbonyl (C=O) groups excluding carboxylic acids is 2. The fraction of sp³-hybridized carbons (Fsp3) is 0.467. The van der Waals surface area contributed by atoms with Crippen molar-refractivity contribution in [1.29, 1.82) is 0 Å². The van der Waals surface area contributed by atoms with Gasteiger partial charge in [0.2, 0.25) is 11.8 Å². The Bertz CT molecular complexity index is 489. The van der Waals surface area contributed by atoms with Crippen molar-refractivity contribution in [2.45, 2.75) is 33.6 Å². The molecule has 0 heterocycles. The van der Waals surface area contributed by atoms with Gasteiger partial charge in [-0.25, -0.2) is 0 Å². The molecular weight excluding hydrogens is 320 g/mol. The van der Waals surface area contributed by atoms with Crippen LogP contribution in [-0.4, -0.2) is 18.4 Å². The maximum absolute atomic E-state index is 11.8. The van der Waals surface area contributed by atoms with E-state index in [1.807, 2.05) is 39.0 Å². The molecule has 0 bridgehead atoms. The van der Waals surface area contributed by atoms with Crippen LogP contribution in [0.1, 0.15) is 32.3 Å². The molecule has 2 N–H and O–H groups in total. The highest BCUT2D eigenvalue weighted by molar-refractivity contribution is 9.10. The number of carbonyl (C=O) groups is 2. The highest BCUT2D eigenvalue weighted by Gasteiger charge is 2.10. The fourth-order valence-corrected chi connectivity index (χ4v) is 1.96. The number of aryl methyl sites for hydroxylation is 1. The average molecular weight is 341 g/mol. The molecule has 1 atom stereocenters. The normalized spacial score (nSPS) is 11.8. The predicted octanol–water partition coefficient (Wildman–Crippen LogP) is 3.25. The van der Waals surface area contributed by atoms with E-state index in [0.717, 1.165) is 22.1 Å². The Morgan fingerprint density at radius 1 is 1.35 bits per heavy atom. The summed E-state index contributed by atoms with van der Waals surface area (Å²) in [4.78, 5) is 23.4. The summed E-state index contributed by atoms with van der Waals surface area (Å²) < 4.78 is 0.920. The van der Waals surface area contributed by atoms with Crippen LogP contribution in [0.3, 0.4) is 0 Å². The fourth-order valence-electron chi connectivity index (χ4n) is 1.60. The van der Waals surface area contributed by atoms with Gasteiger partial charge in [0.1, 0.15) is 0 Å². The Morgan fingerprint density at radius 3 is 2.70 bits per heavy atom. The zero-order chi connectivity index (χ0) is 15.1. The molecule has 4 nitrogen and oxygen atoms in total. The lowest BCUT2D eigenvalue weighted by atomic mass is 10.1. The Hall–Kier alpha value is -1.36. The molecule has 0 unspecified atom stereocenters. The molecule has 0 spiro atoms. The third kappa shape index (κ3) is 5.33. The molecule has 1 aromatic carbocycles. The van der Waals surface area contributed by atoms with Gasteiger partial charge in [-0.1, -0.05) is 35.8 Å². The van der Waals surface area contributed by atoms with E-state index in [2.05, 4.69) is 26.6 Å². The summed E-state index contributed by atoms with van der Waals surface area (Å²) in [6, 6.07) is 5.73. The van der Waals surface area contributed by atoms with Crippen LogP contribution in [0.4, 0.5) is 5.69 Å². The van der Waals surface area contributed by atoms with Crippen molar-refractivity contribution in [3.05, 3.63) is 28.2 Å². The zero-order valence-electron chi connectivity index (χ0n) is 12.1. The highest BCUT2D eigenvalue weighted by atomic mass is 79.9. The van der Waals surface area contributed by atoms with Gasteiger partial charge in [0.05, 0.1) is 0 Å². The lowest BCUT2D eigenvalue weighted by molar-refractivity contribution is -0.124. The van der Waals surface area contributed by atoms with Gasteiger partial charge in [-0.2, -0.15) is 0 Å². The van der Waals surface area contributed by atoms with Crippen LogP contribution in [0.2, 0.25) is 0 Å². The van der Waals surface area contributed by atoms with Crippen LogP contribution < -0.4 is 10.6 Å². The Labute approximate surface area is 128 Å². The first-order chi connectivity index (χ1) is 9.43. The lowest BCUT2D eigenvalue weighted by Gasteiger charge is -2.11. The molecule has 0 aliphatic heterocycles. The molecule has 0 radical (unpaired) electrons. The topological polar surface area (TPSA) is 58.2 Å². The molecule has 0 fully saturated rings. The third-order valence-electron chi connectivity index (χ3n) is 3.18. The summed E-state index contributed by atoms with van der Waals surface area (Å²) >= 11 is 3.37. The van der Waals surface area contributed by atoms with E-state index >= 15 is 0 Å². The van der Waals surface area contributed by atoms with Gasteiger partial charge in [-0.15, -0.1) is 0 Å². The Balaban J connectivity index is 2.41. The van der Waals surface area contributed by atoms with E-state index in [0.29, 0.717) is 6.54 Å². The van der Waals surface area contributed by atoms with E-state index in [1.54, 1.807) is 0 Å². The second-order valence-corrected chi connectivity index (χ2v) is 5.77. The number of nitrogens with one attached hydrogen (secondary N) is 2. The molecular formula is C15H21BrN2O2. The summed E-state index contributed by atoms with van der Waals surface area (Å²) in [5.74, 6) is -0.111. The van der Waals surface area contributed by atoms with E-state index in [1.165, 1.54) is 0 Å². The number of anilines is 1. The van der Waals surface area contributed by atoms with Crippen molar-refractivity contribution in [2.24, 2.45) is 5.92 Å². The molecule has 0 aliphatic rings. The Morgan fingerprint density at radius 2 is 2.05 bits per heavy atom. The van der Waals surface area contributed by atoms with Crippen LogP contribution >= 0.6 is 15.9 Å². The van der Waals surface area contributed by atoms with E-state index in [4.69, 9.17) is 0 Å². The molecule has 1 rings (SSSR count). The monoisotopic (exact) mass is 340 g/mol. The molecule has 2 amide bonds.